The number of carbonyl (C=O) groups is 1. The summed E-state index contributed by atoms with van der Waals surface area (Å²) in [7, 11) is 0. The molecule has 1 fully saturated rings. The van der Waals surface area contributed by atoms with Gasteiger partial charge >= 0.3 is 0 Å². The van der Waals surface area contributed by atoms with E-state index >= 15 is 0 Å². The molecule has 0 amide bonds. The molecule has 2 heteroatoms. The quantitative estimate of drug-likeness (QED) is 0.479. The van der Waals surface area contributed by atoms with E-state index in [1.807, 2.05) is 0 Å². The Morgan fingerprint density at radius 2 is 2.08 bits per heavy atom. The fourth-order valence-electron chi connectivity index (χ4n) is 1.79. The van der Waals surface area contributed by atoms with Crippen LogP contribution in [0.15, 0.2) is 11.8 Å². The molecule has 0 aromatic heterocycles. The molecule has 1 heterocycles. The van der Waals surface area contributed by atoms with Crippen LogP contribution in [0.2, 0.25) is 0 Å². The highest BCUT2D eigenvalue weighted by Gasteiger charge is 2.13. The van der Waals surface area contributed by atoms with Crippen molar-refractivity contribution in [3.05, 3.63) is 11.8 Å². The van der Waals surface area contributed by atoms with E-state index in [2.05, 4.69) is 11.8 Å². The van der Waals surface area contributed by atoms with E-state index < -0.39 is 0 Å². The molecule has 0 saturated carbocycles. The van der Waals surface area contributed by atoms with Crippen LogP contribution in [0.3, 0.4) is 0 Å². The minimum atomic E-state index is 0.920. The first kappa shape index (κ1) is 10.3. The van der Waals surface area contributed by atoms with E-state index in [1.165, 1.54) is 31.4 Å². The first-order chi connectivity index (χ1) is 6.38. The van der Waals surface area contributed by atoms with Crippen LogP contribution in [-0.4, -0.2) is 24.3 Å². The topological polar surface area (TPSA) is 20.3 Å². The lowest BCUT2D eigenvalue weighted by atomic mass is 10.2. The van der Waals surface area contributed by atoms with Gasteiger partial charge in [-0.1, -0.05) is 13.3 Å². The Labute approximate surface area is 80.6 Å². The van der Waals surface area contributed by atoms with Crippen molar-refractivity contribution in [1.82, 2.24) is 4.90 Å². The van der Waals surface area contributed by atoms with Crippen LogP contribution >= 0.6 is 0 Å². The number of aldehydes is 1. The van der Waals surface area contributed by atoms with Gasteiger partial charge in [-0.15, -0.1) is 0 Å². The zero-order chi connectivity index (χ0) is 9.52. The Hall–Kier alpha value is -0.790. The van der Waals surface area contributed by atoms with Crippen LogP contribution in [-0.2, 0) is 4.79 Å². The molecule has 0 N–H and O–H groups in total. The predicted octanol–water partition coefficient (Wildman–Crippen LogP) is 2.36. The predicted molar refractivity (Wildman–Crippen MR) is 54.5 cm³/mol. The second-order valence-electron chi connectivity index (χ2n) is 3.59. The molecule has 74 valence electrons. The minimum Gasteiger partial charge on any atom is -0.375 e. The van der Waals surface area contributed by atoms with Gasteiger partial charge in [-0.05, 0) is 31.8 Å². The molecule has 1 aliphatic rings. The molecule has 0 aliphatic carbocycles. The second-order valence-corrected chi connectivity index (χ2v) is 3.59. The van der Waals surface area contributed by atoms with E-state index in [0.29, 0.717) is 0 Å². The Morgan fingerprint density at radius 3 is 2.62 bits per heavy atom. The maximum Gasteiger partial charge on any atom is 0.144 e. The van der Waals surface area contributed by atoms with Gasteiger partial charge in [0, 0.05) is 18.8 Å². The average molecular weight is 181 g/mol. The van der Waals surface area contributed by atoms with Gasteiger partial charge < -0.3 is 4.90 Å². The summed E-state index contributed by atoms with van der Waals surface area (Å²) in [6, 6.07) is 0. The molecule has 0 unspecified atom stereocenters. The fraction of sp³-hybridized carbons (Fsp3) is 0.727. The normalized spacial score (nSPS) is 17.9. The van der Waals surface area contributed by atoms with Crippen LogP contribution in [0.25, 0.3) is 0 Å². The molecule has 1 rings (SSSR count). The van der Waals surface area contributed by atoms with Gasteiger partial charge in [0.1, 0.15) is 6.29 Å². The van der Waals surface area contributed by atoms with E-state index in [0.717, 1.165) is 25.8 Å². The van der Waals surface area contributed by atoms with Crippen LogP contribution < -0.4 is 0 Å². The van der Waals surface area contributed by atoms with Gasteiger partial charge in [0.25, 0.3) is 0 Å². The zero-order valence-electron chi connectivity index (χ0n) is 8.46. The van der Waals surface area contributed by atoms with Gasteiger partial charge in [-0.25, -0.2) is 0 Å². The summed E-state index contributed by atoms with van der Waals surface area (Å²) >= 11 is 0. The number of hydrogen-bond acceptors (Lipinski definition) is 2. The smallest absolute Gasteiger partial charge is 0.144 e. The van der Waals surface area contributed by atoms with Crippen molar-refractivity contribution in [2.24, 2.45) is 0 Å². The molecule has 0 spiro atoms. The molecule has 2 nitrogen and oxygen atoms in total. The second kappa shape index (κ2) is 5.79. The summed E-state index contributed by atoms with van der Waals surface area (Å²) in [5.74, 6) is 0. The molecule has 13 heavy (non-hydrogen) atoms. The zero-order valence-corrected chi connectivity index (χ0v) is 8.46. The summed E-state index contributed by atoms with van der Waals surface area (Å²) in [6.45, 7) is 4.47. The lowest BCUT2D eigenvalue weighted by Gasteiger charge is -2.20. The lowest BCUT2D eigenvalue weighted by Crippen LogP contribution is -2.18. The van der Waals surface area contributed by atoms with Crippen molar-refractivity contribution >= 4 is 6.29 Å². The maximum atomic E-state index is 10.4. The number of carbonyl (C=O) groups excluding carboxylic acids is 1. The monoisotopic (exact) mass is 181 g/mol. The van der Waals surface area contributed by atoms with Crippen LogP contribution in [0.1, 0.15) is 39.0 Å². The minimum absolute atomic E-state index is 0.920. The lowest BCUT2D eigenvalue weighted by molar-refractivity contribution is -0.104. The van der Waals surface area contributed by atoms with Gasteiger partial charge in [-0.2, -0.15) is 0 Å². The first-order valence-electron chi connectivity index (χ1n) is 5.27. The van der Waals surface area contributed by atoms with Gasteiger partial charge in [0.15, 0.2) is 0 Å². The average Bonchev–Trinajstić information content (AvgIpc) is 2.65. The SMILES string of the molecule is CCCC/C(=C\C=O)N1CCCC1. The Kier molecular flexibility index (Phi) is 4.58. The van der Waals surface area contributed by atoms with E-state index in [4.69, 9.17) is 0 Å². The molecule has 1 aliphatic heterocycles. The third-order valence-corrected chi connectivity index (χ3v) is 2.56. The largest absolute Gasteiger partial charge is 0.375 e. The number of unbranched alkanes of at least 4 members (excludes halogenated alkanes) is 1. The molecule has 0 atom stereocenters. The number of likely N-dealkylation sites (tertiary alicyclic amines) is 1. The third-order valence-electron chi connectivity index (χ3n) is 2.56. The molecule has 1 saturated heterocycles. The van der Waals surface area contributed by atoms with E-state index in [-0.39, 0.29) is 0 Å². The van der Waals surface area contributed by atoms with Crippen LogP contribution in [0, 0.1) is 0 Å². The standard InChI is InChI=1S/C11H19NO/c1-2-3-6-11(7-10-13)12-8-4-5-9-12/h7,10H,2-6,8-9H2,1H3/b11-7+. The van der Waals surface area contributed by atoms with Crippen molar-refractivity contribution in [3.63, 3.8) is 0 Å². The highest BCUT2D eigenvalue weighted by Crippen LogP contribution is 2.18. The molecule has 0 radical (unpaired) electrons. The van der Waals surface area contributed by atoms with Crippen LogP contribution in [0.4, 0.5) is 0 Å². The van der Waals surface area contributed by atoms with E-state index in [9.17, 15) is 4.79 Å². The van der Waals surface area contributed by atoms with Crippen molar-refractivity contribution in [3.8, 4) is 0 Å². The highest BCUT2D eigenvalue weighted by molar-refractivity contribution is 5.65. The van der Waals surface area contributed by atoms with Gasteiger partial charge in [0.2, 0.25) is 0 Å². The number of nitrogens with zero attached hydrogens (tertiary/aromatic N) is 1. The van der Waals surface area contributed by atoms with Gasteiger partial charge in [-0.3, -0.25) is 4.79 Å². The summed E-state index contributed by atoms with van der Waals surface area (Å²) in [6.07, 6.45) is 8.67. The van der Waals surface area contributed by atoms with Crippen molar-refractivity contribution in [2.45, 2.75) is 39.0 Å². The summed E-state index contributed by atoms with van der Waals surface area (Å²) in [5.41, 5.74) is 1.24. The molecular formula is C11H19NO. The summed E-state index contributed by atoms with van der Waals surface area (Å²) in [5, 5.41) is 0. The Bertz CT molecular complexity index is 181. The molecule has 0 aromatic rings. The summed E-state index contributed by atoms with van der Waals surface area (Å²) < 4.78 is 0. The summed E-state index contributed by atoms with van der Waals surface area (Å²) in [4.78, 5) is 12.8. The first-order valence-corrected chi connectivity index (χ1v) is 5.27. The Morgan fingerprint density at radius 1 is 1.38 bits per heavy atom. The van der Waals surface area contributed by atoms with Crippen molar-refractivity contribution < 1.29 is 4.79 Å². The highest BCUT2D eigenvalue weighted by atomic mass is 16.1. The van der Waals surface area contributed by atoms with Crippen LogP contribution in [0.5, 0.6) is 0 Å². The number of allylic oxidation sites excluding steroid dienone is 2. The number of rotatable bonds is 5. The molecular weight excluding hydrogens is 162 g/mol. The maximum absolute atomic E-state index is 10.4. The molecule has 0 aromatic carbocycles. The fourth-order valence-corrected chi connectivity index (χ4v) is 1.79. The van der Waals surface area contributed by atoms with Gasteiger partial charge in [0.05, 0.1) is 0 Å². The van der Waals surface area contributed by atoms with Crippen molar-refractivity contribution in [1.29, 1.82) is 0 Å². The number of hydrogen-bond donors (Lipinski definition) is 0. The molecule has 0 bridgehead atoms. The Balaban J connectivity index is 2.45. The third kappa shape index (κ3) is 3.21. The van der Waals surface area contributed by atoms with E-state index in [1.54, 1.807) is 6.08 Å². The van der Waals surface area contributed by atoms with Crippen molar-refractivity contribution in [2.75, 3.05) is 13.1 Å².